The molecule has 0 saturated heterocycles. The van der Waals surface area contributed by atoms with Crippen LogP contribution in [0.3, 0.4) is 0 Å². The molecule has 1 rings (SSSR count). The summed E-state index contributed by atoms with van der Waals surface area (Å²) in [7, 11) is -2.12. The predicted octanol–water partition coefficient (Wildman–Crippen LogP) is 2.45. The van der Waals surface area contributed by atoms with Gasteiger partial charge in [0.15, 0.2) is 0 Å². The number of anilines is 1. The lowest BCUT2D eigenvalue weighted by molar-refractivity contribution is -0.384. The lowest BCUT2D eigenvalue weighted by atomic mass is 10.3. The van der Waals surface area contributed by atoms with E-state index < -0.39 is 14.9 Å². The van der Waals surface area contributed by atoms with E-state index in [1.54, 1.807) is 14.0 Å². The molecule has 21 heavy (non-hydrogen) atoms. The van der Waals surface area contributed by atoms with Gasteiger partial charge in [0.25, 0.3) is 5.69 Å². The molecule has 0 fully saturated rings. The number of nitro groups is 1. The van der Waals surface area contributed by atoms with Crippen molar-refractivity contribution in [3.63, 3.8) is 0 Å². The number of hydrogen-bond donors (Lipinski definition) is 1. The number of rotatable bonds is 8. The zero-order chi connectivity index (χ0) is 16.0. The number of unbranched alkanes of at least 4 members (excludes halogenated alkanes) is 1. The van der Waals surface area contributed by atoms with Crippen LogP contribution in [0.2, 0.25) is 0 Å². The van der Waals surface area contributed by atoms with Crippen LogP contribution in [-0.4, -0.2) is 37.8 Å². The Kier molecular flexibility index (Phi) is 6.10. The number of non-ortho nitro benzene ring substituents is 1. The highest BCUT2D eigenvalue weighted by atomic mass is 32.2. The highest BCUT2D eigenvalue weighted by molar-refractivity contribution is 7.89. The fourth-order valence-corrected chi connectivity index (χ4v) is 3.64. The molecule has 0 bridgehead atoms. The molecule has 0 spiro atoms. The average molecular weight is 315 g/mol. The van der Waals surface area contributed by atoms with E-state index in [0.717, 1.165) is 12.8 Å². The van der Waals surface area contributed by atoms with Crippen LogP contribution in [0.5, 0.6) is 0 Å². The van der Waals surface area contributed by atoms with E-state index in [0.29, 0.717) is 13.1 Å². The Morgan fingerprint density at radius 1 is 1.33 bits per heavy atom. The molecule has 7 nitrogen and oxygen atoms in total. The van der Waals surface area contributed by atoms with Crippen LogP contribution >= 0.6 is 0 Å². The van der Waals surface area contributed by atoms with Gasteiger partial charge in [-0.05, 0) is 12.5 Å². The Morgan fingerprint density at radius 2 is 2.00 bits per heavy atom. The summed E-state index contributed by atoms with van der Waals surface area (Å²) in [6.45, 7) is 4.57. The first-order valence-corrected chi connectivity index (χ1v) is 8.28. The molecule has 0 atom stereocenters. The molecular weight excluding hydrogens is 294 g/mol. The summed E-state index contributed by atoms with van der Waals surface area (Å²) in [5, 5.41) is 13.5. The minimum absolute atomic E-state index is 0.0635. The van der Waals surface area contributed by atoms with Crippen LogP contribution in [0.15, 0.2) is 23.1 Å². The maximum atomic E-state index is 12.6. The Labute approximate surface area is 125 Å². The third kappa shape index (κ3) is 3.92. The minimum Gasteiger partial charge on any atom is -0.387 e. The van der Waals surface area contributed by atoms with Crippen molar-refractivity contribution >= 4 is 21.4 Å². The molecule has 1 aromatic carbocycles. The first kappa shape index (κ1) is 17.4. The average Bonchev–Trinajstić information content (AvgIpc) is 2.46. The van der Waals surface area contributed by atoms with Crippen LogP contribution < -0.4 is 5.32 Å². The van der Waals surface area contributed by atoms with Gasteiger partial charge in [-0.2, -0.15) is 4.31 Å². The second-order valence-electron chi connectivity index (χ2n) is 4.54. The monoisotopic (exact) mass is 315 g/mol. The molecule has 1 N–H and O–H groups in total. The van der Waals surface area contributed by atoms with Gasteiger partial charge in [0.2, 0.25) is 10.0 Å². The van der Waals surface area contributed by atoms with E-state index in [2.05, 4.69) is 5.32 Å². The molecule has 0 unspecified atom stereocenters. The van der Waals surface area contributed by atoms with Gasteiger partial charge < -0.3 is 5.32 Å². The zero-order valence-electron chi connectivity index (χ0n) is 12.5. The van der Waals surface area contributed by atoms with Gasteiger partial charge in [-0.25, -0.2) is 8.42 Å². The number of nitrogens with zero attached hydrogens (tertiary/aromatic N) is 2. The fraction of sp³-hybridized carbons (Fsp3) is 0.538. The summed E-state index contributed by atoms with van der Waals surface area (Å²) in [6, 6.07) is 3.73. The molecule has 0 radical (unpaired) electrons. The van der Waals surface area contributed by atoms with Crippen LogP contribution in [0.1, 0.15) is 26.7 Å². The van der Waals surface area contributed by atoms with Crippen molar-refractivity contribution in [2.45, 2.75) is 31.6 Å². The van der Waals surface area contributed by atoms with Crippen molar-refractivity contribution < 1.29 is 13.3 Å². The molecule has 0 heterocycles. The van der Waals surface area contributed by atoms with Crippen molar-refractivity contribution in [2.75, 3.05) is 25.5 Å². The molecule has 118 valence electrons. The Balaban J connectivity index is 3.26. The number of nitrogens with one attached hydrogen (secondary N) is 1. The smallest absolute Gasteiger partial charge is 0.271 e. The summed E-state index contributed by atoms with van der Waals surface area (Å²) >= 11 is 0. The van der Waals surface area contributed by atoms with E-state index in [1.165, 1.54) is 22.5 Å². The number of sulfonamides is 1. The van der Waals surface area contributed by atoms with Crippen molar-refractivity contribution in [1.29, 1.82) is 0 Å². The van der Waals surface area contributed by atoms with Gasteiger partial charge >= 0.3 is 0 Å². The third-order valence-corrected chi connectivity index (χ3v) is 5.21. The van der Waals surface area contributed by atoms with Crippen LogP contribution in [0.25, 0.3) is 0 Å². The van der Waals surface area contributed by atoms with Gasteiger partial charge in [0.1, 0.15) is 4.90 Å². The van der Waals surface area contributed by atoms with E-state index in [4.69, 9.17) is 0 Å². The minimum atomic E-state index is -3.66. The largest absolute Gasteiger partial charge is 0.387 e. The molecule has 0 aromatic heterocycles. The van der Waals surface area contributed by atoms with Crippen LogP contribution in [0.4, 0.5) is 11.4 Å². The van der Waals surface area contributed by atoms with Gasteiger partial charge in [-0.3, -0.25) is 10.1 Å². The quantitative estimate of drug-likeness (QED) is 0.587. The molecular formula is C13H21N3O4S. The molecule has 1 aromatic rings. The standard InChI is InChI=1S/C13H21N3O4S/c1-4-6-9-15(5-2)21(19,20)13-8-7-11(16(17)18)10-12(13)14-3/h7-8,10,14H,4-6,9H2,1-3H3. The second kappa shape index (κ2) is 7.37. The van der Waals surface area contributed by atoms with Gasteiger partial charge in [0, 0.05) is 32.3 Å². The molecule has 0 aliphatic heterocycles. The highest BCUT2D eigenvalue weighted by Crippen LogP contribution is 2.28. The van der Waals surface area contributed by atoms with Crippen molar-refractivity contribution in [1.82, 2.24) is 4.31 Å². The highest BCUT2D eigenvalue weighted by Gasteiger charge is 2.26. The van der Waals surface area contributed by atoms with E-state index >= 15 is 0 Å². The van der Waals surface area contributed by atoms with Gasteiger partial charge in [0.05, 0.1) is 10.6 Å². The van der Waals surface area contributed by atoms with Gasteiger partial charge in [-0.1, -0.05) is 20.3 Å². The molecule has 8 heteroatoms. The number of hydrogen-bond acceptors (Lipinski definition) is 5. The summed E-state index contributed by atoms with van der Waals surface area (Å²) in [5.74, 6) is 0. The van der Waals surface area contributed by atoms with Crippen molar-refractivity contribution in [3.05, 3.63) is 28.3 Å². The summed E-state index contributed by atoms with van der Waals surface area (Å²) in [5.41, 5.74) is 0.0917. The first-order chi connectivity index (χ1) is 9.88. The van der Waals surface area contributed by atoms with Gasteiger partial charge in [-0.15, -0.1) is 0 Å². The maximum Gasteiger partial charge on any atom is 0.271 e. The first-order valence-electron chi connectivity index (χ1n) is 6.84. The summed E-state index contributed by atoms with van der Waals surface area (Å²) < 4.78 is 26.7. The summed E-state index contributed by atoms with van der Waals surface area (Å²) in [4.78, 5) is 10.3. The second-order valence-corrected chi connectivity index (χ2v) is 6.44. The zero-order valence-corrected chi connectivity index (χ0v) is 13.3. The maximum absolute atomic E-state index is 12.6. The lowest BCUT2D eigenvalue weighted by Crippen LogP contribution is -2.32. The number of benzene rings is 1. The van der Waals surface area contributed by atoms with E-state index in [-0.39, 0.29) is 16.3 Å². The normalized spacial score (nSPS) is 11.6. The molecule has 0 amide bonds. The van der Waals surface area contributed by atoms with E-state index in [9.17, 15) is 18.5 Å². The Hall–Kier alpha value is -1.67. The van der Waals surface area contributed by atoms with E-state index in [1.807, 2.05) is 6.92 Å². The third-order valence-electron chi connectivity index (χ3n) is 3.17. The molecule has 0 aliphatic carbocycles. The fourth-order valence-electron chi connectivity index (χ4n) is 1.97. The lowest BCUT2D eigenvalue weighted by Gasteiger charge is -2.21. The molecule has 0 aliphatic rings. The van der Waals surface area contributed by atoms with Crippen molar-refractivity contribution in [2.24, 2.45) is 0 Å². The van der Waals surface area contributed by atoms with Crippen LogP contribution in [-0.2, 0) is 10.0 Å². The SMILES string of the molecule is CCCCN(CC)S(=O)(=O)c1ccc([N+](=O)[O-])cc1NC. The summed E-state index contributed by atoms with van der Waals surface area (Å²) in [6.07, 6.45) is 1.67. The van der Waals surface area contributed by atoms with Crippen LogP contribution in [0, 0.1) is 10.1 Å². The van der Waals surface area contributed by atoms with Crippen molar-refractivity contribution in [3.8, 4) is 0 Å². The Morgan fingerprint density at radius 3 is 2.48 bits per heavy atom. The molecule has 0 saturated carbocycles. The number of nitro benzene ring substituents is 1. The topological polar surface area (TPSA) is 92.5 Å². The Bertz CT molecular complexity index is 601. The predicted molar refractivity (Wildman–Crippen MR) is 82.0 cm³/mol.